The van der Waals surface area contributed by atoms with Crippen LogP contribution in [-0.4, -0.2) is 31.8 Å². The second-order valence-corrected chi connectivity index (χ2v) is 3.54. The van der Waals surface area contributed by atoms with Gasteiger partial charge in [-0.2, -0.15) is 0 Å². The zero-order chi connectivity index (χ0) is 11.0. The third-order valence-corrected chi connectivity index (χ3v) is 1.92. The average molecular weight is 203 g/mol. The summed E-state index contributed by atoms with van der Waals surface area (Å²) in [5.74, 6) is 0.184. The molecule has 0 saturated carbocycles. The fourth-order valence-corrected chi connectivity index (χ4v) is 0.801. The van der Waals surface area contributed by atoms with Crippen molar-refractivity contribution in [3.05, 3.63) is 0 Å². The van der Waals surface area contributed by atoms with Crippen LogP contribution in [0.3, 0.4) is 0 Å². The highest BCUT2D eigenvalue weighted by molar-refractivity contribution is 5.69. The van der Waals surface area contributed by atoms with Crippen LogP contribution >= 0.6 is 0 Å². The van der Waals surface area contributed by atoms with Crippen LogP contribution in [0, 0.1) is 5.92 Å². The Kier molecular flexibility index (Phi) is 7.42. The molecule has 2 N–H and O–H groups in total. The Bertz CT molecular complexity index is 159. The maximum Gasteiger partial charge on any atom is 0.308 e. The van der Waals surface area contributed by atoms with Gasteiger partial charge in [-0.25, -0.2) is 0 Å². The van der Waals surface area contributed by atoms with Crippen molar-refractivity contribution in [2.24, 2.45) is 11.7 Å². The zero-order valence-corrected chi connectivity index (χ0v) is 9.29. The van der Waals surface area contributed by atoms with Gasteiger partial charge in [0, 0.05) is 6.04 Å². The van der Waals surface area contributed by atoms with Crippen molar-refractivity contribution >= 4 is 5.97 Å². The minimum atomic E-state index is -0.217. The van der Waals surface area contributed by atoms with Crippen molar-refractivity contribution in [1.29, 1.82) is 0 Å². The maximum atomic E-state index is 10.9. The summed E-state index contributed by atoms with van der Waals surface area (Å²) in [7, 11) is 0. The molecule has 0 saturated heterocycles. The molecule has 0 spiro atoms. The number of esters is 1. The normalized spacial score (nSPS) is 12.9. The van der Waals surface area contributed by atoms with Crippen LogP contribution in [0.15, 0.2) is 0 Å². The van der Waals surface area contributed by atoms with Gasteiger partial charge in [0.2, 0.25) is 0 Å². The number of carbonyl (C=O) groups excluding carboxylic acids is 1. The monoisotopic (exact) mass is 203 g/mol. The van der Waals surface area contributed by atoms with E-state index in [0.29, 0.717) is 32.2 Å². The molecule has 0 rings (SSSR count). The first kappa shape index (κ1) is 13.4. The molecule has 14 heavy (non-hydrogen) atoms. The van der Waals surface area contributed by atoms with Crippen molar-refractivity contribution in [1.82, 2.24) is 0 Å². The molecule has 4 heteroatoms. The van der Waals surface area contributed by atoms with E-state index in [1.165, 1.54) is 0 Å². The van der Waals surface area contributed by atoms with Gasteiger partial charge in [0.15, 0.2) is 0 Å². The highest BCUT2D eigenvalue weighted by atomic mass is 16.5. The summed E-state index contributed by atoms with van der Waals surface area (Å²) in [6.45, 7) is 7.17. The predicted octanol–water partition coefficient (Wildman–Crippen LogP) is 0.940. The smallest absolute Gasteiger partial charge is 0.308 e. The molecule has 0 aromatic rings. The Hall–Kier alpha value is -0.610. The number of hydrogen-bond acceptors (Lipinski definition) is 4. The van der Waals surface area contributed by atoms with Crippen molar-refractivity contribution < 1.29 is 14.3 Å². The van der Waals surface area contributed by atoms with Crippen LogP contribution in [0.4, 0.5) is 0 Å². The van der Waals surface area contributed by atoms with Gasteiger partial charge in [-0.3, -0.25) is 4.79 Å². The highest BCUT2D eigenvalue weighted by Crippen LogP contribution is 1.99. The van der Waals surface area contributed by atoms with Gasteiger partial charge >= 0.3 is 5.97 Å². The lowest BCUT2D eigenvalue weighted by Gasteiger charge is -2.15. The van der Waals surface area contributed by atoms with Crippen molar-refractivity contribution in [3.63, 3.8) is 0 Å². The Labute approximate surface area is 85.8 Å². The van der Waals surface area contributed by atoms with Gasteiger partial charge in [-0.15, -0.1) is 0 Å². The van der Waals surface area contributed by atoms with E-state index < -0.39 is 0 Å². The molecule has 0 fully saturated rings. The minimum absolute atomic E-state index is 0.0391. The molecule has 0 radical (unpaired) electrons. The number of nitrogens with two attached hydrogens (primary N) is 1. The second-order valence-electron chi connectivity index (χ2n) is 3.54. The lowest BCUT2D eigenvalue weighted by Crippen LogP contribution is -2.32. The van der Waals surface area contributed by atoms with Gasteiger partial charge in [0.1, 0.15) is 0 Å². The highest BCUT2D eigenvalue weighted by Gasteiger charge is 2.08. The van der Waals surface area contributed by atoms with E-state index in [-0.39, 0.29) is 12.0 Å². The summed E-state index contributed by atoms with van der Waals surface area (Å²) in [6.07, 6.45) is 0.304. The molecule has 4 nitrogen and oxygen atoms in total. The molecule has 0 aliphatic heterocycles. The topological polar surface area (TPSA) is 61.5 Å². The summed E-state index contributed by atoms with van der Waals surface area (Å²) in [5, 5.41) is 0. The van der Waals surface area contributed by atoms with E-state index in [1.807, 2.05) is 13.8 Å². The van der Waals surface area contributed by atoms with Crippen LogP contribution in [0.2, 0.25) is 0 Å². The van der Waals surface area contributed by atoms with E-state index >= 15 is 0 Å². The van der Waals surface area contributed by atoms with E-state index in [1.54, 1.807) is 6.92 Å². The van der Waals surface area contributed by atoms with Crippen molar-refractivity contribution in [3.8, 4) is 0 Å². The molecule has 0 heterocycles. The summed E-state index contributed by atoms with van der Waals surface area (Å²) in [5.41, 5.74) is 5.75. The number of ether oxygens (including phenoxy) is 2. The first-order chi connectivity index (χ1) is 6.57. The quantitative estimate of drug-likeness (QED) is 0.494. The first-order valence-electron chi connectivity index (χ1n) is 5.06. The van der Waals surface area contributed by atoms with Gasteiger partial charge in [0.25, 0.3) is 0 Å². The lowest BCUT2D eigenvalue weighted by atomic mass is 10.1. The second kappa shape index (κ2) is 7.76. The van der Waals surface area contributed by atoms with E-state index in [2.05, 4.69) is 0 Å². The molecule has 0 amide bonds. The number of rotatable bonds is 7. The Morgan fingerprint density at radius 2 is 2.07 bits per heavy atom. The largest absolute Gasteiger partial charge is 0.466 e. The van der Waals surface area contributed by atoms with Gasteiger partial charge in [0.05, 0.1) is 26.2 Å². The number of hydrogen-bond donors (Lipinski definition) is 1. The van der Waals surface area contributed by atoms with Crippen LogP contribution in [0.1, 0.15) is 27.2 Å². The molecular formula is C10H21NO3. The maximum absolute atomic E-state index is 10.9. The molecule has 0 aromatic heterocycles. The zero-order valence-electron chi connectivity index (χ0n) is 9.29. The van der Waals surface area contributed by atoms with Crippen LogP contribution in [0.25, 0.3) is 0 Å². The fourth-order valence-electron chi connectivity index (χ4n) is 0.801. The molecule has 0 unspecified atom stereocenters. The summed E-state index contributed by atoms with van der Waals surface area (Å²) < 4.78 is 9.99. The standard InChI is InChI=1S/C10H21NO3/c1-4-14-10(12)5-6-13-7-9(11)8(2)3/h8-9H,4-7,11H2,1-3H3/t9-/m1/s1. The van der Waals surface area contributed by atoms with Crippen LogP contribution in [-0.2, 0) is 14.3 Å². The minimum Gasteiger partial charge on any atom is -0.466 e. The summed E-state index contributed by atoms with van der Waals surface area (Å²) in [4.78, 5) is 10.9. The van der Waals surface area contributed by atoms with Gasteiger partial charge < -0.3 is 15.2 Å². The Morgan fingerprint density at radius 3 is 2.57 bits per heavy atom. The summed E-state index contributed by atoms with van der Waals surface area (Å²) >= 11 is 0. The van der Waals surface area contributed by atoms with Crippen LogP contribution < -0.4 is 5.73 Å². The van der Waals surface area contributed by atoms with Crippen LogP contribution in [0.5, 0.6) is 0 Å². The average Bonchev–Trinajstić information content (AvgIpc) is 2.12. The SMILES string of the molecule is CCOC(=O)CCOC[C@@H](N)C(C)C. The van der Waals surface area contributed by atoms with E-state index in [0.717, 1.165) is 0 Å². The predicted molar refractivity (Wildman–Crippen MR) is 54.9 cm³/mol. The molecule has 1 atom stereocenters. The number of carbonyl (C=O) groups is 1. The molecule has 0 aliphatic carbocycles. The molecule has 0 aromatic carbocycles. The third-order valence-electron chi connectivity index (χ3n) is 1.92. The fraction of sp³-hybridized carbons (Fsp3) is 0.900. The Balaban J connectivity index is 3.33. The van der Waals surface area contributed by atoms with Gasteiger partial charge in [-0.05, 0) is 12.8 Å². The molecule has 0 bridgehead atoms. The van der Waals surface area contributed by atoms with Crippen molar-refractivity contribution in [2.75, 3.05) is 19.8 Å². The first-order valence-corrected chi connectivity index (χ1v) is 5.06. The van der Waals surface area contributed by atoms with E-state index in [9.17, 15) is 4.79 Å². The van der Waals surface area contributed by atoms with Gasteiger partial charge in [-0.1, -0.05) is 13.8 Å². The summed E-state index contributed by atoms with van der Waals surface area (Å²) in [6, 6.07) is 0.0391. The molecular weight excluding hydrogens is 182 g/mol. The molecule has 84 valence electrons. The third kappa shape index (κ3) is 6.86. The van der Waals surface area contributed by atoms with Crippen molar-refractivity contribution in [2.45, 2.75) is 33.2 Å². The Morgan fingerprint density at radius 1 is 1.43 bits per heavy atom. The lowest BCUT2D eigenvalue weighted by molar-refractivity contribution is -0.144. The van der Waals surface area contributed by atoms with E-state index in [4.69, 9.17) is 15.2 Å². The molecule has 0 aliphatic rings.